The Labute approximate surface area is 109 Å². The van der Waals surface area contributed by atoms with Gasteiger partial charge in [-0.15, -0.1) is 0 Å². The van der Waals surface area contributed by atoms with Crippen LogP contribution in [-0.2, 0) is 4.79 Å². The Bertz CT molecular complexity index is 625. The number of carbonyl (C=O) groups excluding carboxylic acids is 1. The summed E-state index contributed by atoms with van der Waals surface area (Å²) >= 11 is 0. The molecule has 0 amide bonds. The molecule has 4 heteroatoms. The van der Waals surface area contributed by atoms with Gasteiger partial charge in [0.2, 0.25) is 0 Å². The minimum absolute atomic E-state index is 0.285. The van der Waals surface area contributed by atoms with E-state index in [1.54, 1.807) is 12.1 Å². The van der Waals surface area contributed by atoms with Gasteiger partial charge in [0.15, 0.2) is 0 Å². The third-order valence-electron chi connectivity index (χ3n) is 3.36. The lowest BCUT2D eigenvalue weighted by molar-refractivity contribution is -0.110. The molecule has 0 saturated heterocycles. The van der Waals surface area contributed by atoms with Crippen molar-refractivity contribution in [1.82, 2.24) is 0 Å². The van der Waals surface area contributed by atoms with Crippen molar-refractivity contribution < 1.29 is 14.3 Å². The van der Waals surface area contributed by atoms with E-state index in [0.717, 1.165) is 16.8 Å². The van der Waals surface area contributed by atoms with Crippen LogP contribution in [0.1, 0.15) is 11.7 Å². The van der Waals surface area contributed by atoms with Gasteiger partial charge in [-0.1, -0.05) is 18.2 Å². The van der Waals surface area contributed by atoms with E-state index in [-0.39, 0.29) is 5.82 Å². The van der Waals surface area contributed by atoms with Gasteiger partial charge in [-0.2, -0.15) is 0 Å². The molecular formula is C15H12FNO2. The van der Waals surface area contributed by atoms with Gasteiger partial charge in [-0.05, 0) is 35.4 Å². The normalized spacial score (nSPS) is 20.7. The van der Waals surface area contributed by atoms with Crippen LogP contribution in [0.15, 0.2) is 42.5 Å². The van der Waals surface area contributed by atoms with Gasteiger partial charge >= 0.3 is 0 Å². The molecule has 0 spiro atoms. The molecule has 1 heterocycles. The number of hydrogen-bond donors (Lipinski definition) is 2. The van der Waals surface area contributed by atoms with Gasteiger partial charge in [0.1, 0.15) is 24.2 Å². The molecule has 1 aliphatic heterocycles. The second-order valence-electron chi connectivity index (χ2n) is 4.56. The summed E-state index contributed by atoms with van der Waals surface area (Å²) in [5.41, 5.74) is 3.20. The van der Waals surface area contributed by atoms with Crippen molar-refractivity contribution in [2.24, 2.45) is 0 Å². The molecule has 2 unspecified atom stereocenters. The fourth-order valence-electron chi connectivity index (χ4n) is 2.32. The van der Waals surface area contributed by atoms with E-state index >= 15 is 0 Å². The molecular weight excluding hydrogens is 245 g/mol. The van der Waals surface area contributed by atoms with Crippen LogP contribution in [0.4, 0.5) is 10.1 Å². The highest BCUT2D eigenvalue weighted by Gasteiger charge is 2.30. The van der Waals surface area contributed by atoms with Gasteiger partial charge in [0, 0.05) is 11.3 Å². The summed E-state index contributed by atoms with van der Waals surface area (Å²) in [5, 5.41) is 12.9. The Balaban J connectivity index is 2.01. The van der Waals surface area contributed by atoms with Gasteiger partial charge in [-0.3, -0.25) is 0 Å². The van der Waals surface area contributed by atoms with Crippen LogP contribution < -0.4 is 5.32 Å². The van der Waals surface area contributed by atoms with Crippen molar-refractivity contribution in [2.75, 3.05) is 5.32 Å². The predicted molar refractivity (Wildman–Crippen MR) is 70.3 cm³/mol. The van der Waals surface area contributed by atoms with Crippen molar-refractivity contribution in [3.63, 3.8) is 0 Å². The summed E-state index contributed by atoms with van der Waals surface area (Å²) in [4.78, 5) is 10.8. The molecule has 2 atom stereocenters. The van der Waals surface area contributed by atoms with E-state index in [0.29, 0.717) is 11.8 Å². The molecule has 1 aliphatic rings. The van der Waals surface area contributed by atoms with E-state index in [4.69, 9.17) is 0 Å². The monoisotopic (exact) mass is 257 g/mol. The standard InChI is InChI=1S/C15H12FNO2/c16-11-4-1-9(2-5-11)10-3-6-13-12(7-10)15(19)14(8-18)17-13/h1-8,14-15,17,19H. The number of nitrogens with one attached hydrogen (secondary N) is 1. The van der Waals surface area contributed by atoms with Crippen molar-refractivity contribution in [3.05, 3.63) is 53.8 Å². The number of rotatable bonds is 2. The first-order valence-corrected chi connectivity index (χ1v) is 5.99. The Morgan fingerprint density at radius 3 is 2.47 bits per heavy atom. The van der Waals surface area contributed by atoms with E-state index in [1.165, 1.54) is 12.1 Å². The lowest BCUT2D eigenvalue weighted by Gasteiger charge is -2.08. The second-order valence-corrected chi connectivity index (χ2v) is 4.56. The smallest absolute Gasteiger partial charge is 0.145 e. The number of aldehydes is 1. The molecule has 2 aromatic carbocycles. The maximum atomic E-state index is 12.9. The van der Waals surface area contributed by atoms with Crippen LogP contribution in [0.2, 0.25) is 0 Å². The number of aliphatic hydroxyl groups excluding tert-OH is 1. The minimum atomic E-state index is -0.840. The van der Waals surface area contributed by atoms with Gasteiger partial charge in [0.05, 0.1) is 0 Å². The third kappa shape index (κ3) is 2.00. The van der Waals surface area contributed by atoms with E-state index in [1.807, 2.05) is 18.2 Å². The Morgan fingerprint density at radius 1 is 1.11 bits per heavy atom. The summed E-state index contributed by atoms with van der Waals surface area (Å²) < 4.78 is 12.9. The number of anilines is 1. The number of aliphatic hydroxyl groups is 1. The first-order chi connectivity index (χ1) is 9.19. The van der Waals surface area contributed by atoms with Crippen LogP contribution in [0.25, 0.3) is 11.1 Å². The highest BCUT2D eigenvalue weighted by atomic mass is 19.1. The number of carbonyl (C=O) groups is 1. The average Bonchev–Trinajstić information content (AvgIpc) is 2.76. The van der Waals surface area contributed by atoms with Crippen LogP contribution in [-0.4, -0.2) is 17.4 Å². The van der Waals surface area contributed by atoms with E-state index < -0.39 is 12.1 Å². The first kappa shape index (κ1) is 11.9. The molecule has 0 aliphatic carbocycles. The maximum absolute atomic E-state index is 12.9. The maximum Gasteiger partial charge on any atom is 0.145 e. The first-order valence-electron chi connectivity index (χ1n) is 5.99. The summed E-state index contributed by atoms with van der Waals surface area (Å²) in [6.45, 7) is 0. The highest BCUT2D eigenvalue weighted by molar-refractivity contribution is 5.76. The topological polar surface area (TPSA) is 49.3 Å². The highest BCUT2D eigenvalue weighted by Crippen LogP contribution is 2.36. The lowest BCUT2D eigenvalue weighted by atomic mass is 10.00. The fraction of sp³-hybridized carbons (Fsp3) is 0.133. The number of halogens is 1. The molecule has 0 radical (unpaired) electrons. The number of hydrogen-bond acceptors (Lipinski definition) is 3. The summed E-state index contributed by atoms with van der Waals surface area (Å²) in [6.07, 6.45) is -0.143. The molecule has 19 heavy (non-hydrogen) atoms. The zero-order chi connectivity index (χ0) is 13.4. The van der Waals surface area contributed by atoms with Gasteiger partial charge < -0.3 is 15.2 Å². The van der Waals surface area contributed by atoms with Crippen molar-refractivity contribution >= 4 is 12.0 Å². The Morgan fingerprint density at radius 2 is 1.79 bits per heavy atom. The molecule has 0 fully saturated rings. The molecule has 3 rings (SSSR count). The molecule has 0 bridgehead atoms. The number of benzene rings is 2. The van der Waals surface area contributed by atoms with Crippen LogP contribution in [0, 0.1) is 5.82 Å². The zero-order valence-electron chi connectivity index (χ0n) is 10.0. The largest absolute Gasteiger partial charge is 0.386 e. The fourth-order valence-corrected chi connectivity index (χ4v) is 2.32. The van der Waals surface area contributed by atoms with Crippen LogP contribution in [0.3, 0.4) is 0 Å². The molecule has 3 nitrogen and oxygen atoms in total. The predicted octanol–water partition coefficient (Wildman–Crippen LogP) is 2.52. The van der Waals surface area contributed by atoms with Crippen LogP contribution in [0.5, 0.6) is 0 Å². The third-order valence-corrected chi connectivity index (χ3v) is 3.36. The Kier molecular flexibility index (Phi) is 2.80. The Hall–Kier alpha value is -2.20. The van der Waals surface area contributed by atoms with E-state index in [2.05, 4.69) is 5.32 Å². The second kappa shape index (κ2) is 4.48. The van der Waals surface area contributed by atoms with Crippen molar-refractivity contribution in [2.45, 2.75) is 12.1 Å². The van der Waals surface area contributed by atoms with Crippen molar-refractivity contribution in [3.8, 4) is 11.1 Å². The molecule has 0 aromatic heterocycles. The van der Waals surface area contributed by atoms with Crippen LogP contribution >= 0.6 is 0 Å². The van der Waals surface area contributed by atoms with Gasteiger partial charge in [-0.25, -0.2) is 4.39 Å². The number of fused-ring (bicyclic) bond motifs is 1. The SMILES string of the molecule is O=CC1Nc2ccc(-c3ccc(F)cc3)cc2C1O. The quantitative estimate of drug-likeness (QED) is 0.813. The summed E-state index contributed by atoms with van der Waals surface area (Å²) in [5.74, 6) is -0.285. The molecule has 0 saturated carbocycles. The van der Waals surface area contributed by atoms with Gasteiger partial charge in [0.25, 0.3) is 0 Å². The average molecular weight is 257 g/mol. The lowest BCUT2D eigenvalue weighted by Crippen LogP contribution is -2.21. The summed E-state index contributed by atoms with van der Waals surface area (Å²) in [7, 11) is 0. The molecule has 96 valence electrons. The minimum Gasteiger partial charge on any atom is -0.386 e. The molecule has 2 N–H and O–H groups in total. The molecule has 2 aromatic rings. The van der Waals surface area contributed by atoms with Crippen molar-refractivity contribution in [1.29, 1.82) is 0 Å². The summed E-state index contributed by atoms with van der Waals surface area (Å²) in [6, 6.07) is 11.1. The van der Waals surface area contributed by atoms with E-state index in [9.17, 15) is 14.3 Å². The zero-order valence-corrected chi connectivity index (χ0v) is 10.0.